The molecule has 1 aliphatic rings. The van der Waals surface area contributed by atoms with Crippen LogP contribution in [0, 0.1) is 0 Å². The fourth-order valence-electron chi connectivity index (χ4n) is 2.16. The number of sulfone groups is 1. The predicted octanol–water partition coefficient (Wildman–Crippen LogP) is 0.816. The zero-order valence-corrected chi connectivity index (χ0v) is 13.3. The molecule has 1 aromatic rings. The van der Waals surface area contributed by atoms with Crippen molar-refractivity contribution in [2.45, 2.75) is 25.1 Å². The molecule has 0 bridgehead atoms. The Morgan fingerprint density at radius 3 is 2.81 bits per heavy atom. The maximum Gasteiger partial charge on any atom is 0.254 e. The molecular formula is C12H16ClN3O4S. The third-order valence-electron chi connectivity index (χ3n) is 3.04. The third kappa shape index (κ3) is 4.12. The summed E-state index contributed by atoms with van der Waals surface area (Å²) >= 11 is 5.85. The second-order valence-corrected chi connectivity index (χ2v) is 7.38. The summed E-state index contributed by atoms with van der Waals surface area (Å²) in [7, 11) is -3.25. The molecule has 1 fully saturated rings. The zero-order chi connectivity index (χ0) is 15.6. The maximum absolute atomic E-state index is 12.1. The van der Waals surface area contributed by atoms with Crippen molar-refractivity contribution >= 4 is 33.2 Å². The average molecular weight is 334 g/mol. The van der Waals surface area contributed by atoms with Crippen LogP contribution in [0.15, 0.2) is 6.07 Å². The van der Waals surface area contributed by atoms with Gasteiger partial charge in [0.05, 0.1) is 24.1 Å². The van der Waals surface area contributed by atoms with Gasteiger partial charge in [0.1, 0.15) is 12.4 Å². The standard InChI is InChI=1S/C12H16ClN3O4S/c1-3-9-5-20-6-11(17)16(9)10-4-8(7-21(2,18)19)14-12(13)15-10/h4,9H,3,5-7H2,1-2H3. The molecule has 0 radical (unpaired) electrons. The number of hydrogen-bond donors (Lipinski definition) is 0. The second-order valence-electron chi connectivity index (χ2n) is 4.90. The molecule has 0 N–H and O–H groups in total. The number of amides is 1. The highest BCUT2D eigenvalue weighted by Crippen LogP contribution is 2.23. The Morgan fingerprint density at radius 1 is 1.48 bits per heavy atom. The normalized spacial score (nSPS) is 19.9. The number of carbonyl (C=O) groups excluding carboxylic acids is 1. The zero-order valence-electron chi connectivity index (χ0n) is 11.7. The summed E-state index contributed by atoms with van der Waals surface area (Å²) in [5.74, 6) is -0.167. The van der Waals surface area contributed by atoms with E-state index in [1.165, 1.54) is 11.0 Å². The van der Waals surface area contributed by atoms with Gasteiger partial charge in [0.15, 0.2) is 9.84 Å². The molecule has 0 aromatic carbocycles. The van der Waals surface area contributed by atoms with Gasteiger partial charge in [-0.05, 0) is 18.0 Å². The molecular weight excluding hydrogens is 318 g/mol. The topological polar surface area (TPSA) is 89.5 Å². The lowest BCUT2D eigenvalue weighted by Gasteiger charge is -2.34. The van der Waals surface area contributed by atoms with Crippen molar-refractivity contribution in [1.82, 2.24) is 9.97 Å². The number of hydrogen-bond acceptors (Lipinski definition) is 6. The van der Waals surface area contributed by atoms with Crippen LogP contribution in [0.25, 0.3) is 0 Å². The molecule has 0 aliphatic carbocycles. The van der Waals surface area contributed by atoms with Gasteiger partial charge in [0.2, 0.25) is 5.28 Å². The number of aromatic nitrogens is 2. The maximum atomic E-state index is 12.1. The molecule has 1 unspecified atom stereocenters. The number of carbonyl (C=O) groups is 1. The van der Waals surface area contributed by atoms with Crippen molar-refractivity contribution in [3.63, 3.8) is 0 Å². The number of ether oxygens (including phenoxy) is 1. The van der Waals surface area contributed by atoms with E-state index < -0.39 is 9.84 Å². The minimum atomic E-state index is -3.25. The summed E-state index contributed by atoms with van der Waals surface area (Å²) in [6, 6.07) is 1.34. The Hall–Kier alpha value is -1.25. The molecule has 0 spiro atoms. The van der Waals surface area contributed by atoms with Gasteiger partial charge < -0.3 is 4.74 Å². The third-order valence-corrected chi connectivity index (χ3v) is 4.03. The lowest BCUT2D eigenvalue weighted by atomic mass is 10.1. The molecule has 2 rings (SSSR count). The summed E-state index contributed by atoms with van der Waals surface area (Å²) < 4.78 is 28.0. The van der Waals surface area contributed by atoms with E-state index in [0.717, 1.165) is 6.26 Å². The Morgan fingerprint density at radius 2 is 2.19 bits per heavy atom. The molecule has 1 amide bonds. The predicted molar refractivity (Wildman–Crippen MR) is 78.0 cm³/mol. The van der Waals surface area contributed by atoms with Crippen molar-refractivity contribution in [2.24, 2.45) is 0 Å². The van der Waals surface area contributed by atoms with E-state index in [2.05, 4.69) is 9.97 Å². The first kappa shape index (κ1) is 16.1. The molecule has 7 nitrogen and oxygen atoms in total. The quantitative estimate of drug-likeness (QED) is 0.758. The molecule has 0 saturated carbocycles. The van der Waals surface area contributed by atoms with Crippen LogP contribution < -0.4 is 4.90 Å². The minimum Gasteiger partial charge on any atom is -0.369 e. The monoisotopic (exact) mass is 333 g/mol. The van der Waals surface area contributed by atoms with Gasteiger partial charge in [-0.3, -0.25) is 9.69 Å². The summed E-state index contributed by atoms with van der Waals surface area (Å²) in [5.41, 5.74) is 0.265. The fraction of sp³-hybridized carbons (Fsp3) is 0.583. The number of anilines is 1. The molecule has 116 valence electrons. The average Bonchev–Trinajstić information content (AvgIpc) is 2.35. The van der Waals surface area contributed by atoms with Crippen LogP contribution in [0.2, 0.25) is 5.28 Å². The van der Waals surface area contributed by atoms with Crippen LogP contribution in [0.4, 0.5) is 5.82 Å². The molecule has 1 aromatic heterocycles. The highest BCUT2D eigenvalue weighted by Gasteiger charge is 2.30. The van der Waals surface area contributed by atoms with Gasteiger partial charge in [-0.15, -0.1) is 0 Å². The van der Waals surface area contributed by atoms with Crippen LogP contribution in [-0.2, 0) is 25.1 Å². The SMILES string of the molecule is CCC1COCC(=O)N1c1cc(CS(C)(=O)=O)nc(Cl)n1. The smallest absolute Gasteiger partial charge is 0.254 e. The van der Waals surface area contributed by atoms with E-state index in [9.17, 15) is 13.2 Å². The minimum absolute atomic E-state index is 0.0282. The lowest BCUT2D eigenvalue weighted by Crippen LogP contribution is -2.49. The van der Waals surface area contributed by atoms with Gasteiger partial charge in [0, 0.05) is 12.3 Å². The Labute approximate surface area is 128 Å². The van der Waals surface area contributed by atoms with Gasteiger partial charge in [-0.2, -0.15) is 0 Å². The summed E-state index contributed by atoms with van der Waals surface area (Å²) in [6.07, 6.45) is 1.80. The first-order valence-electron chi connectivity index (χ1n) is 6.41. The van der Waals surface area contributed by atoms with Gasteiger partial charge >= 0.3 is 0 Å². The molecule has 1 saturated heterocycles. The molecule has 1 aliphatic heterocycles. The summed E-state index contributed by atoms with van der Waals surface area (Å²) in [5, 5.41) is -0.0831. The van der Waals surface area contributed by atoms with Crippen LogP contribution >= 0.6 is 11.6 Å². The number of halogens is 1. The first-order chi connectivity index (χ1) is 9.80. The van der Waals surface area contributed by atoms with Crippen molar-refractivity contribution < 1.29 is 17.9 Å². The number of nitrogens with zero attached hydrogens (tertiary/aromatic N) is 3. The van der Waals surface area contributed by atoms with Crippen molar-refractivity contribution in [3.8, 4) is 0 Å². The summed E-state index contributed by atoms with van der Waals surface area (Å²) in [6.45, 7) is 2.31. The second kappa shape index (κ2) is 6.25. The van der Waals surface area contributed by atoms with Crippen LogP contribution in [0.3, 0.4) is 0 Å². The largest absolute Gasteiger partial charge is 0.369 e. The van der Waals surface area contributed by atoms with E-state index >= 15 is 0 Å². The van der Waals surface area contributed by atoms with E-state index in [1.807, 2.05) is 6.92 Å². The Balaban J connectivity index is 2.40. The number of morpholine rings is 1. The molecule has 2 heterocycles. The van der Waals surface area contributed by atoms with Gasteiger partial charge in [0.25, 0.3) is 5.91 Å². The van der Waals surface area contributed by atoms with Gasteiger partial charge in [-0.25, -0.2) is 18.4 Å². The van der Waals surface area contributed by atoms with E-state index in [1.54, 1.807) is 0 Å². The van der Waals surface area contributed by atoms with Crippen LogP contribution in [0.1, 0.15) is 19.0 Å². The Kier molecular flexibility index (Phi) is 4.80. The highest BCUT2D eigenvalue weighted by molar-refractivity contribution is 7.89. The van der Waals surface area contributed by atoms with Crippen molar-refractivity contribution in [3.05, 3.63) is 17.0 Å². The van der Waals surface area contributed by atoms with Gasteiger partial charge in [-0.1, -0.05) is 6.92 Å². The number of rotatable bonds is 4. The molecule has 1 atom stereocenters. The lowest BCUT2D eigenvalue weighted by molar-refractivity contribution is -0.127. The summed E-state index contributed by atoms with van der Waals surface area (Å²) in [4.78, 5) is 21.5. The van der Waals surface area contributed by atoms with Crippen LogP contribution in [-0.4, -0.2) is 49.8 Å². The highest BCUT2D eigenvalue weighted by atomic mass is 35.5. The van der Waals surface area contributed by atoms with Crippen molar-refractivity contribution in [1.29, 1.82) is 0 Å². The fourth-order valence-corrected chi connectivity index (χ4v) is 3.04. The van der Waals surface area contributed by atoms with Crippen molar-refractivity contribution in [2.75, 3.05) is 24.4 Å². The first-order valence-corrected chi connectivity index (χ1v) is 8.85. The molecule has 21 heavy (non-hydrogen) atoms. The van der Waals surface area contributed by atoms with E-state index in [0.29, 0.717) is 18.8 Å². The Bertz CT molecular complexity index is 650. The molecule has 9 heteroatoms. The van der Waals surface area contributed by atoms with E-state index in [4.69, 9.17) is 16.3 Å². The van der Waals surface area contributed by atoms with Crippen LogP contribution in [0.5, 0.6) is 0 Å². The van der Waals surface area contributed by atoms with E-state index in [-0.39, 0.29) is 35.3 Å².